The van der Waals surface area contributed by atoms with Gasteiger partial charge in [0.05, 0.1) is 14.2 Å². The highest BCUT2D eigenvalue weighted by Crippen LogP contribution is 2.28. The number of benzene rings is 1. The maximum Gasteiger partial charge on any atom is 0.136 e. The molecule has 0 spiro atoms. The summed E-state index contributed by atoms with van der Waals surface area (Å²) in [5, 5.41) is 6.42. The van der Waals surface area contributed by atoms with Gasteiger partial charge < -0.3 is 20.1 Å². The lowest BCUT2D eigenvalue weighted by molar-refractivity contribution is 0.395. The zero-order valence-corrected chi connectivity index (χ0v) is 12.7. The van der Waals surface area contributed by atoms with Crippen molar-refractivity contribution in [1.82, 2.24) is 9.97 Å². The van der Waals surface area contributed by atoms with Crippen LogP contribution in [0.2, 0.25) is 0 Å². The average Bonchev–Trinajstić information content (AvgIpc) is 2.46. The summed E-state index contributed by atoms with van der Waals surface area (Å²) in [6, 6.07) is 7.45. The molecule has 0 fully saturated rings. The van der Waals surface area contributed by atoms with Gasteiger partial charge in [-0.25, -0.2) is 9.97 Å². The monoisotopic (exact) mass is 288 g/mol. The molecule has 0 saturated heterocycles. The fourth-order valence-electron chi connectivity index (χ4n) is 1.93. The lowest BCUT2D eigenvalue weighted by atomic mass is 10.2. The number of ether oxygens (including phenoxy) is 2. The first kappa shape index (κ1) is 14.9. The van der Waals surface area contributed by atoms with Gasteiger partial charge in [0.2, 0.25) is 0 Å². The van der Waals surface area contributed by atoms with Crippen molar-refractivity contribution >= 4 is 17.3 Å². The van der Waals surface area contributed by atoms with Gasteiger partial charge in [0.1, 0.15) is 29.0 Å². The first-order valence-corrected chi connectivity index (χ1v) is 6.74. The van der Waals surface area contributed by atoms with Crippen LogP contribution in [0.25, 0.3) is 0 Å². The molecule has 0 aliphatic heterocycles. The Morgan fingerprint density at radius 2 is 1.57 bits per heavy atom. The molecule has 112 valence electrons. The van der Waals surface area contributed by atoms with E-state index in [1.54, 1.807) is 14.2 Å². The van der Waals surface area contributed by atoms with Gasteiger partial charge in [-0.05, 0) is 13.8 Å². The number of aryl methyl sites for hydroxylation is 1. The summed E-state index contributed by atoms with van der Waals surface area (Å²) in [5.41, 5.74) is 0.840. The Balaban J connectivity index is 2.28. The molecule has 2 N–H and O–H groups in total. The molecule has 1 heterocycles. The Bertz CT molecular complexity index is 594. The number of rotatable bonds is 6. The molecule has 0 amide bonds. The highest BCUT2D eigenvalue weighted by molar-refractivity contribution is 5.63. The summed E-state index contributed by atoms with van der Waals surface area (Å²) in [6.07, 6.45) is 0. The normalized spacial score (nSPS) is 10.1. The van der Waals surface area contributed by atoms with Crippen molar-refractivity contribution in [3.05, 3.63) is 30.1 Å². The van der Waals surface area contributed by atoms with E-state index in [9.17, 15) is 0 Å². The largest absolute Gasteiger partial charge is 0.497 e. The van der Waals surface area contributed by atoms with E-state index in [2.05, 4.69) is 20.6 Å². The number of nitrogens with one attached hydrogen (secondary N) is 2. The van der Waals surface area contributed by atoms with Gasteiger partial charge in [0.15, 0.2) is 0 Å². The molecule has 6 heteroatoms. The van der Waals surface area contributed by atoms with Crippen molar-refractivity contribution in [2.24, 2.45) is 0 Å². The lowest BCUT2D eigenvalue weighted by Crippen LogP contribution is -2.04. The van der Waals surface area contributed by atoms with Crippen LogP contribution in [0, 0.1) is 6.92 Å². The molecule has 1 aromatic heterocycles. The average molecular weight is 288 g/mol. The van der Waals surface area contributed by atoms with E-state index in [1.807, 2.05) is 38.1 Å². The molecule has 0 unspecified atom stereocenters. The van der Waals surface area contributed by atoms with E-state index >= 15 is 0 Å². The Hall–Kier alpha value is -2.50. The molecule has 0 aliphatic carbocycles. The van der Waals surface area contributed by atoms with E-state index < -0.39 is 0 Å². The Kier molecular flexibility index (Phi) is 4.81. The minimum absolute atomic E-state index is 0.700. The SMILES string of the molecule is CCNc1cc(Nc2cc(OC)cc(OC)c2)nc(C)n1. The van der Waals surface area contributed by atoms with Crippen LogP contribution in [0.3, 0.4) is 0 Å². The minimum Gasteiger partial charge on any atom is -0.497 e. The summed E-state index contributed by atoms with van der Waals surface area (Å²) in [4.78, 5) is 8.70. The van der Waals surface area contributed by atoms with Gasteiger partial charge in [-0.15, -0.1) is 0 Å². The van der Waals surface area contributed by atoms with Gasteiger partial charge in [-0.1, -0.05) is 0 Å². The maximum absolute atomic E-state index is 5.26. The molecule has 0 aliphatic rings. The molecule has 21 heavy (non-hydrogen) atoms. The number of nitrogens with zero attached hydrogens (tertiary/aromatic N) is 2. The third-order valence-corrected chi connectivity index (χ3v) is 2.82. The maximum atomic E-state index is 5.26. The highest BCUT2D eigenvalue weighted by atomic mass is 16.5. The Morgan fingerprint density at radius 1 is 0.952 bits per heavy atom. The van der Waals surface area contributed by atoms with Gasteiger partial charge in [-0.3, -0.25) is 0 Å². The van der Waals surface area contributed by atoms with Crippen LogP contribution >= 0.6 is 0 Å². The second-order valence-electron chi connectivity index (χ2n) is 4.44. The summed E-state index contributed by atoms with van der Waals surface area (Å²) in [6.45, 7) is 4.69. The summed E-state index contributed by atoms with van der Waals surface area (Å²) < 4.78 is 10.5. The quantitative estimate of drug-likeness (QED) is 0.851. The van der Waals surface area contributed by atoms with Crippen molar-refractivity contribution in [2.75, 3.05) is 31.4 Å². The van der Waals surface area contributed by atoms with Crippen LogP contribution in [-0.4, -0.2) is 30.7 Å². The molecule has 2 aromatic rings. The Morgan fingerprint density at radius 3 is 2.14 bits per heavy atom. The minimum atomic E-state index is 0.700. The van der Waals surface area contributed by atoms with Gasteiger partial charge >= 0.3 is 0 Å². The summed E-state index contributed by atoms with van der Waals surface area (Å²) in [5.74, 6) is 3.64. The fourth-order valence-corrected chi connectivity index (χ4v) is 1.93. The zero-order valence-electron chi connectivity index (χ0n) is 12.7. The third kappa shape index (κ3) is 3.98. The Labute approximate surface area is 124 Å². The number of hydrogen-bond acceptors (Lipinski definition) is 6. The molecule has 0 bridgehead atoms. The predicted octanol–water partition coefficient (Wildman–Crippen LogP) is 2.98. The number of hydrogen-bond donors (Lipinski definition) is 2. The number of methoxy groups -OCH3 is 2. The van der Waals surface area contributed by atoms with E-state index in [1.165, 1.54) is 0 Å². The smallest absolute Gasteiger partial charge is 0.136 e. The molecule has 6 nitrogen and oxygen atoms in total. The van der Waals surface area contributed by atoms with Crippen molar-refractivity contribution in [1.29, 1.82) is 0 Å². The van der Waals surface area contributed by atoms with Crippen LogP contribution in [0.4, 0.5) is 17.3 Å². The molecule has 1 aromatic carbocycles. The molecular weight excluding hydrogens is 268 g/mol. The number of aromatic nitrogens is 2. The summed E-state index contributed by atoms with van der Waals surface area (Å²) in [7, 11) is 3.24. The van der Waals surface area contributed by atoms with Crippen molar-refractivity contribution in [3.8, 4) is 11.5 Å². The molecule has 0 radical (unpaired) electrons. The van der Waals surface area contributed by atoms with E-state index in [4.69, 9.17) is 9.47 Å². The zero-order chi connectivity index (χ0) is 15.2. The lowest BCUT2D eigenvalue weighted by Gasteiger charge is -2.11. The molecular formula is C15H20N4O2. The van der Waals surface area contributed by atoms with Crippen LogP contribution in [-0.2, 0) is 0 Å². The molecule has 2 rings (SSSR count). The highest BCUT2D eigenvalue weighted by Gasteiger charge is 2.05. The predicted molar refractivity (Wildman–Crippen MR) is 83.8 cm³/mol. The van der Waals surface area contributed by atoms with Crippen LogP contribution < -0.4 is 20.1 Å². The second-order valence-corrected chi connectivity index (χ2v) is 4.44. The molecule has 0 saturated carbocycles. The van der Waals surface area contributed by atoms with Gasteiger partial charge in [0, 0.05) is 36.5 Å². The van der Waals surface area contributed by atoms with Crippen LogP contribution in [0.5, 0.6) is 11.5 Å². The first-order chi connectivity index (χ1) is 10.1. The molecule has 0 atom stereocenters. The van der Waals surface area contributed by atoms with Gasteiger partial charge in [-0.2, -0.15) is 0 Å². The van der Waals surface area contributed by atoms with Gasteiger partial charge in [0.25, 0.3) is 0 Å². The van der Waals surface area contributed by atoms with E-state index in [0.717, 1.165) is 29.5 Å². The standard InChI is InChI=1S/C15H20N4O2/c1-5-16-14-9-15(18-10(2)17-14)19-11-6-12(20-3)8-13(7-11)21-4/h6-9H,5H2,1-4H3,(H2,16,17,18,19). The summed E-state index contributed by atoms with van der Waals surface area (Å²) >= 11 is 0. The number of anilines is 3. The first-order valence-electron chi connectivity index (χ1n) is 6.74. The van der Waals surface area contributed by atoms with Crippen molar-refractivity contribution in [2.45, 2.75) is 13.8 Å². The second kappa shape index (κ2) is 6.78. The fraction of sp³-hybridized carbons (Fsp3) is 0.333. The van der Waals surface area contributed by atoms with Crippen molar-refractivity contribution < 1.29 is 9.47 Å². The third-order valence-electron chi connectivity index (χ3n) is 2.82. The topological polar surface area (TPSA) is 68.3 Å². The van der Waals surface area contributed by atoms with E-state index in [0.29, 0.717) is 11.6 Å². The van der Waals surface area contributed by atoms with E-state index in [-0.39, 0.29) is 0 Å². The van der Waals surface area contributed by atoms with Crippen molar-refractivity contribution in [3.63, 3.8) is 0 Å². The van der Waals surface area contributed by atoms with Crippen LogP contribution in [0.15, 0.2) is 24.3 Å². The van der Waals surface area contributed by atoms with Crippen LogP contribution in [0.1, 0.15) is 12.7 Å².